The molecule has 2 aromatic rings. The first-order valence-corrected chi connectivity index (χ1v) is 6.61. The summed E-state index contributed by atoms with van der Waals surface area (Å²) in [6.07, 6.45) is 2.79. The fourth-order valence-electron chi connectivity index (χ4n) is 2.06. The minimum atomic E-state index is -0.760. The van der Waals surface area contributed by atoms with E-state index in [1.165, 1.54) is 13.0 Å². The first-order chi connectivity index (χ1) is 10.9. The minimum absolute atomic E-state index is 0.0573. The monoisotopic (exact) mass is 312 g/mol. The maximum absolute atomic E-state index is 12.3. The Kier molecular flexibility index (Phi) is 4.61. The second-order valence-electron chi connectivity index (χ2n) is 4.76. The third-order valence-electron chi connectivity index (χ3n) is 3.26. The van der Waals surface area contributed by atoms with Gasteiger partial charge in [-0.05, 0) is 18.6 Å². The number of hydrogen-bond donors (Lipinski definition) is 0. The first kappa shape index (κ1) is 16.0. The van der Waals surface area contributed by atoms with Crippen LogP contribution in [0.3, 0.4) is 0 Å². The van der Waals surface area contributed by atoms with Gasteiger partial charge in [0, 0.05) is 17.2 Å². The van der Waals surface area contributed by atoms with Crippen molar-refractivity contribution in [2.75, 3.05) is 0 Å². The van der Waals surface area contributed by atoms with Crippen molar-refractivity contribution < 1.29 is 14.6 Å². The van der Waals surface area contributed by atoms with Crippen molar-refractivity contribution in [3.8, 4) is 0 Å². The van der Waals surface area contributed by atoms with E-state index in [-0.39, 0.29) is 11.1 Å². The molecule has 0 spiro atoms. The number of benzene rings is 2. The van der Waals surface area contributed by atoms with Gasteiger partial charge in [-0.1, -0.05) is 36.4 Å². The first-order valence-electron chi connectivity index (χ1n) is 6.61. The molecule has 0 saturated carbocycles. The number of nitro benzene ring substituents is 2. The molecule has 0 fully saturated rings. The average molecular weight is 312 g/mol. The second kappa shape index (κ2) is 6.61. The molecule has 0 aliphatic heterocycles. The lowest BCUT2D eigenvalue weighted by molar-refractivity contribution is -0.394. The van der Waals surface area contributed by atoms with E-state index in [1.807, 2.05) is 6.07 Å². The van der Waals surface area contributed by atoms with Crippen LogP contribution in [0.1, 0.15) is 21.5 Å². The molecule has 2 aromatic carbocycles. The third kappa shape index (κ3) is 3.65. The van der Waals surface area contributed by atoms with Gasteiger partial charge >= 0.3 is 0 Å². The molecule has 0 unspecified atom stereocenters. The zero-order valence-corrected chi connectivity index (χ0v) is 12.1. The number of carbonyl (C=O) groups is 1. The molecule has 0 heterocycles. The van der Waals surface area contributed by atoms with Crippen LogP contribution in [0.5, 0.6) is 0 Å². The Balaban J connectivity index is 2.45. The fraction of sp³-hybridized carbons (Fsp3) is 0.0625. The van der Waals surface area contributed by atoms with Crippen LogP contribution in [0.4, 0.5) is 11.4 Å². The zero-order valence-electron chi connectivity index (χ0n) is 12.1. The summed E-state index contributed by atoms with van der Waals surface area (Å²) in [5.41, 5.74) is -0.116. The Morgan fingerprint density at radius 1 is 1.04 bits per heavy atom. The number of ketones is 1. The summed E-state index contributed by atoms with van der Waals surface area (Å²) in [5, 5.41) is 21.9. The fourth-order valence-corrected chi connectivity index (χ4v) is 2.06. The Bertz CT molecular complexity index is 813. The topological polar surface area (TPSA) is 103 Å². The van der Waals surface area contributed by atoms with Gasteiger partial charge in [-0.3, -0.25) is 25.0 Å². The Morgan fingerprint density at radius 2 is 1.70 bits per heavy atom. The van der Waals surface area contributed by atoms with Gasteiger partial charge in [0.25, 0.3) is 11.4 Å². The maximum Gasteiger partial charge on any atom is 0.279 e. The van der Waals surface area contributed by atoms with E-state index in [4.69, 9.17) is 0 Å². The predicted octanol–water partition coefficient (Wildman–Crippen LogP) is 3.71. The van der Waals surface area contributed by atoms with Gasteiger partial charge in [-0.2, -0.15) is 0 Å². The lowest BCUT2D eigenvalue weighted by Gasteiger charge is -2.03. The zero-order chi connectivity index (χ0) is 17.0. The maximum atomic E-state index is 12.3. The van der Waals surface area contributed by atoms with E-state index in [9.17, 15) is 25.0 Å². The summed E-state index contributed by atoms with van der Waals surface area (Å²) in [6.45, 7) is 1.39. The molecule has 2 rings (SSSR count). The highest BCUT2D eigenvalue weighted by Gasteiger charge is 2.23. The van der Waals surface area contributed by atoms with Crippen LogP contribution >= 0.6 is 0 Å². The minimum Gasteiger partial charge on any atom is -0.289 e. The highest BCUT2D eigenvalue weighted by atomic mass is 16.6. The van der Waals surface area contributed by atoms with Crippen molar-refractivity contribution in [3.05, 3.63) is 85.5 Å². The van der Waals surface area contributed by atoms with Crippen LogP contribution in [0, 0.1) is 27.2 Å². The largest absolute Gasteiger partial charge is 0.289 e. The van der Waals surface area contributed by atoms with E-state index < -0.39 is 27.0 Å². The highest BCUT2D eigenvalue weighted by molar-refractivity contribution is 6.08. The standard InChI is InChI=1S/C16H12N2O5/c1-11-14(9-13(17(20)21)10-15(11)18(22)23)16(19)8-7-12-5-3-2-4-6-12/h2-10H,1H3. The van der Waals surface area contributed by atoms with Gasteiger partial charge in [0.1, 0.15) is 0 Å². The predicted molar refractivity (Wildman–Crippen MR) is 84.3 cm³/mol. The smallest absolute Gasteiger partial charge is 0.279 e. The van der Waals surface area contributed by atoms with Crippen molar-refractivity contribution in [1.82, 2.24) is 0 Å². The van der Waals surface area contributed by atoms with Gasteiger partial charge in [0.2, 0.25) is 0 Å². The van der Waals surface area contributed by atoms with Crippen molar-refractivity contribution in [1.29, 1.82) is 0 Å². The van der Waals surface area contributed by atoms with Crippen LogP contribution in [0.15, 0.2) is 48.5 Å². The molecule has 0 radical (unpaired) electrons. The quantitative estimate of drug-likeness (QED) is 0.362. The van der Waals surface area contributed by atoms with Crippen LogP contribution in [0.25, 0.3) is 6.08 Å². The van der Waals surface area contributed by atoms with Gasteiger partial charge < -0.3 is 0 Å². The third-order valence-corrected chi connectivity index (χ3v) is 3.26. The van der Waals surface area contributed by atoms with Crippen molar-refractivity contribution >= 4 is 23.2 Å². The summed E-state index contributed by atoms with van der Waals surface area (Å²) in [5.74, 6) is -0.529. The second-order valence-corrected chi connectivity index (χ2v) is 4.76. The number of rotatable bonds is 5. The molecule has 7 nitrogen and oxygen atoms in total. The molecule has 0 aliphatic carbocycles. The molecule has 0 N–H and O–H groups in total. The molecule has 0 aromatic heterocycles. The number of hydrogen-bond acceptors (Lipinski definition) is 5. The number of carbonyl (C=O) groups excluding carboxylic acids is 1. The number of non-ortho nitro benzene ring substituents is 1. The SMILES string of the molecule is Cc1c(C(=O)C=Cc2ccccc2)cc([N+](=O)[O-])cc1[N+](=O)[O-]. The Morgan fingerprint density at radius 3 is 2.26 bits per heavy atom. The number of nitro groups is 2. The lowest BCUT2D eigenvalue weighted by Crippen LogP contribution is -2.04. The summed E-state index contributed by atoms with van der Waals surface area (Å²) in [7, 11) is 0. The van der Waals surface area contributed by atoms with E-state index in [0.717, 1.165) is 17.7 Å². The Hall–Kier alpha value is -3.35. The van der Waals surface area contributed by atoms with Crippen molar-refractivity contribution in [3.63, 3.8) is 0 Å². The molecule has 7 heteroatoms. The number of nitrogens with zero attached hydrogens (tertiary/aromatic N) is 2. The van der Waals surface area contributed by atoms with Gasteiger partial charge in [0.15, 0.2) is 5.78 Å². The average Bonchev–Trinajstić information content (AvgIpc) is 2.53. The molecule has 0 aliphatic rings. The van der Waals surface area contributed by atoms with Crippen molar-refractivity contribution in [2.24, 2.45) is 0 Å². The molecular formula is C16H12N2O5. The molecule has 0 amide bonds. The normalized spacial score (nSPS) is 10.7. The summed E-state index contributed by atoms with van der Waals surface area (Å²) < 4.78 is 0. The van der Waals surface area contributed by atoms with Gasteiger partial charge in [-0.25, -0.2) is 0 Å². The van der Waals surface area contributed by atoms with Gasteiger partial charge in [-0.15, -0.1) is 0 Å². The lowest BCUT2D eigenvalue weighted by atomic mass is 10.0. The molecule has 0 bridgehead atoms. The van der Waals surface area contributed by atoms with Crippen LogP contribution < -0.4 is 0 Å². The number of allylic oxidation sites excluding steroid dienone is 1. The Labute approximate surface area is 131 Å². The van der Waals surface area contributed by atoms with E-state index in [0.29, 0.717) is 0 Å². The molecular weight excluding hydrogens is 300 g/mol. The summed E-state index contributed by atoms with van der Waals surface area (Å²) in [4.78, 5) is 32.7. The summed E-state index contributed by atoms with van der Waals surface area (Å²) >= 11 is 0. The van der Waals surface area contributed by atoms with Crippen LogP contribution in [-0.4, -0.2) is 15.6 Å². The molecule has 0 atom stereocenters. The van der Waals surface area contributed by atoms with Crippen molar-refractivity contribution in [2.45, 2.75) is 6.92 Å². The van der Waals surface area contributed by atoms with E-state index in [1.54, 1.807) is 30.3 Å². The molecule has 0 saturated heterocycles. The van der Waals surface area contributed by atoms with E-state index >= 15 is 0 Å². The van der Waals surface area contributed by atoms with Crippen LogP contribution in [0.2, 0.25) is 0 Å². The summed E-state index contributed by atoms with van der Waals surface area (Å²) in [6, 6.07) is 10.9. The highest BCUT2D eigenvalue weighted by Crippen LogP contribution is 2.28. The van der Waals surface area contributed by atoms with Crippen LogP contribution in [-0.2, 0) is 0 Å². The van der Waals surface area contributed by atoms with Gasteiger partial charge in [0.05, 0.1) is 15.9 Å². The van der Waals surface area contributed by atoms with E-state index in [2.05, 4.69) is 0 Å². The molecule has 116 valence electrons. The molecule has 23 heavy (non-hydrogen) atoms.